The summed E-state index contributed by atoms with van der Waals surface area (Å²) in [5.41, 5.74) is 1.50. The van der Waals surface area contributed by atoms with Crippen LogP contribution in [-0.2, 0) is 6.61 Å². The molecule has 0 aliphatic rings. The molecule has 0 bridgehead atoms. The van der Waals surface area contributed by atoms with E-state index >= 15 is 0 Å². The molecule has 4 aromatic rings. The second-order valence-corrected chi connectivity index (χ2v) is 7.63. The van der Waals surface area contributed by atoms with Crippen LogP contribution in [0.15, 0.2) is 65.1 Å². The minimum atomic E-state index is -1.09. The predicted octanol–water partition coefficient (Wildman–Crippen LogP) is 5.67. The summed E-state index contributed by atoms with van der Waals surface area (Å²) in [6, 6.07) is 16.1. The lowest BCUT2D eigenvalue weighted by atomic mass is 10.2. The van der Waals surface area contributed by atoms with Gasteiger partial charge in [-0.05, 0) is 66.2 Å². The Labute approximate surface area is 192 Å². The lowest BCUT2D eigenvalue weighted by Crippen LogP contribution is -2.11. The molecule has 0 aliphatic carbocycles. The Hall–Kier alpha value is -3.55. The van der Waals surface area contributed by atoms with E-state index < -0.39 is 11.8 Å². The van der Waals surface area contributed by atoms with Crippen molar-refractivity contribution in [1.29, 1.82) is 0 Å². The van der Waals surface area contributed by atoms with Gasteiger partial charge in [0.15, 0.2) is 12.2 Å². The third-order valence-electron chi connectivity index (χ3n) is 4.39. The van der Waals surface area contributed by atoms with Crippen LogP contribution in [0.4, 0.5) is 0 Å². The molecule has 0 aliphatic heterocycles. The molecule has 32 heavy (non-hydrogen) atoms. The van der Waals surface area contributed by atoms with Crippen molar-refractivity contribution < 1.29 is 28.6 Å². The summed E-state index contributed by atoms with van der Waals surface area (Å²) in [6.07, 6.45) is 0. The summed E-state index contributed by atoms with van der Waals surface area (Å²) >= 11 is 12.0. The molecule has 0 atom stereocenters. The number of carboxylic acids is 1. The Morgan fingerprint density at radius 2 is 1.56 bits per heavy atom. The number of hydrogen-bond donors (Lipinski definition) is 1. The van der Waals surface area contributed by atoms with Gasteiger partial charge in [0, 0.05) is 10.0 Å². The first-order chi connectivity index (χ1) is 15.4. The van der Waals surface area contributed by atoms with E-state index in [0.29, 0.717) is 33.7 Å². The van der Waals surface area contributed by atoms with E-state index in [2.05, 4.69) is 4.98 Å². The first-order valence-electron chi connectivity index (χ1n) is 9.35. The van der Waals surface area contributed by atoms with E-state index in [9.17, 15) is 9.59 Å². The summed E-state index contributed by atoms with van der Waals surface area (Å²) < 4.78 is 16.6. The number of aromatic nitrogens is 1. The van der Waals surface area contributed by atoms with E-state index in [-0.39, 0.29) is 23.6 Å². The smallest absolute Gasteiger partial charge is 0.335 e. The molecule has 1 aromatic heterocycles. The number of fused-ring (bicyclic) bond motifs is 1. The van der Waals surface area contributed by atoms with Gasteiger partial charge in [-0.2, -0.15) is 0 Å². The summed E-state index contributed by atoms with van der Waals surface area (Å²) in [5, 5.41) is 10.1. The number of carbonyl (C=O) groups is 2. The zero-order valence-electron chi connectivity index (χ0n) is 16.4. The van der Waals surface area contributed by atoms with Crippen molar-refractivity contribution in [3.05, 3.63) is 87.7 Å². The number of halogens is 2. The van der Waals surface area contributed by atoms with Crippen LogP contribution < -0.4 is 9.47 Å². The van der Waals surface area contributed by atoms with Crippen LogP contribution in [0.1, 0.15) is 26.6 Å². The highest BCUT2D eigenvalue weighted by atomic mass is 35.5. The fourth-order valence-corrected chi connectivity index (χ4v) is 3.45. The standard InChI is InChI=1S/C23H15Cl2NO6/c24-15-7-13(8-16(25)10-15)11-30-17-2-4-18(5-3-17)31-12-20(27)22-26-19-9-14(23(28)29)1-6-21(19)32-22/h1-10H,11-12H2,(H,28,29). The van der Waals surface area contributed by atoms with Gasteiger partial charge in [0.1, 0.15) is 23.6 Å². The third kappa shape index (κ3) is 5.19. The molecule has 1 N–H and O–H groups in total. The Balaban J connectivity index is 1.34. The lowest BCUT2D eigenvalue weighted by Gasteiger charge is -2.09. The van der Waals surface area contributed by atoms with Crippen molar-refractivity contribution >= 4 is 46.1 Å². The maximum absolute atomic E-state index is 12.3. The minimum absolute atomic E-state index is 0.0572. The van der Waals surface area contributed by atoms with Crippen LogP contribution in [0.3, 0.4) is 0 Å². The molecule has 0 amide bonds. The lowest BCUT2D eigenvalue weighted by molar-refractivity contribution is 0.0696. The van der Waals surface area contributed by atoms with Gasteiger partial charge >= 0.3 is 5.97 Å². The van der Waals surface area contributed by atoms with E-state index in [1.54, 1.807) is 42.5 Å². The van der Waals surface area contributed by atoms with Gasteiger partial charge in [-0.3, -0.25) is 4.79 Å². The van der Waals surface area contributed by atoms with Gasteiger partial charge in [0.05, 0.1) is 5.56 Å². The number of hydrogen-bond acceptors (Lipinski definition) is 6. The fraction of sp³-hybridized carbons (Fsp3) is 0.0870. The van der Waals surface area contributed by atoms with Crippen molar-refractivity contribution in [2.24, 2.45) is 0 Å². The third-order valence-corrected chi connectivity index (χ3v) is 4.83. The van der Waals surface area contributed by atoms with Gasteiger partial charge < -0.3 is 19.0 Å². The number of carboxylic acid groups (broad SMARTS) is 1. The SMILES string of the molecule is O=C(O)c1ccc2oc(C(=O)COc3ccc(OCc4cc(Cl)cc(Cl)c4)cc3)nc2c1. The Morgan fingerprint density at radius 1 is 0.906 bits per heavy atom. The summed E-state index contributed by atoms with van der Waals surface area (Å²) in [4.78, 5) is 27.4. The van der Waals surface area contributed by atoms with Crippen molar-refractivity contribution in [1.82, 2.24) is 4.98 Å². The van der Waals surface area contributed by atoms with Gasteiger partial charge in [-0.15, -0.1) is 0 Å². The number of carbonyl (C=O) groups excluding carboxylic acids is 1. The molecule has 9 heteroatoms. The van der Waals surface area contributed by atoms with Crippen LogP contribution in [0.25, 0.3) is 11.1 Å². The number of Topliss-reactive ketones (excluding diaryl/α,β-unsaturated/α-hetero) is 1. The second-order valence-electron chi connectivity index (χ2n) is 6.76. The largest absolute Gasteiger partial charge is 0.489 e. The van der Waals surface area contributed by atoms with Crippen LogP contribution in [0, 0.1) is 0 Å². The van der Waals surface area contributed by atoms with Crippen molar-refractivity contribution in [3.8, 4) is 11.5 Å². The number of ketones is 1. The van der Waals surface area contributed by atoms with Crippen LogP contribution >= 0.6 is 23.2 Å². The summed E-state index contributed by atoms with van der Waals surface area (Å²) in [7, 11) is 0. The molecular formula is C23H15Cl2NO6. The first kappa shape index (κ1) is 21.7. The molecule has 0 unspecified atom stereocenters. The quantitative estimate of drug-likeness (QED) is 0.330. The molecule has 0 spiro atoms. The van der Waals surface area contributed by atoms with Gasteiger partial charge in [0.2, 0.25) is 0 Å². The highest BCUT2D eigenvalue weighted by Crippen LogP contribution is 2.23. The normalized spacial score (nSPS) is 10.8. The maximum atomic E-state index is 12.3. The predicted molar refractivity (Wildman–Crippen MR) is 118 cm³/mol. The number of aromatic carboxylic acids is 1. The zero-order chi connectivity index (χ0) is 22.7. The van der Waals surface area contributed by atoms with Gasteiger partial charge in [-0.1, -0.05) is 23.2 Å². The molecule has 7 nitrogen and oxygen atoms in total. The highest BCUT2D eigenvalue weighted by molar-refractivity contribution is 6.34. The summed E-state index contributed by atoms with van der Waals surface area (Å²) in [6.45, 7) is 0.000111. The number of oxazole rings is 1. The molecule has 0 radical (unpaired) electrons. The first-order valence-corrected chi connectivity index (χ1v) is 10.1. The average molecular weight is 472 g/mol. The van der Waals surface area contributed by atoms with Crippen LogP contribution in [0.5, 0.6) is 11.5 Å². The van der Waals surface area contributed by atoms with Gasteiger partial charge in [-0.25, -0.2) is 9.78 Å². The zero-order valence-corrected chi connectivity index (χ0v) is 17.9. The molecular weight excluding hydrogens is 457 g/mol. The summed E-state index contributed by atoms with van der Waals surface area (Å²) in [5.74, 6) is -0.650. The maximum Gasteiger partial charge on any atom is 0.335 e. The number of benzene rings is 3. The highest BCUT2D eigenvalue weighted by Gasteiger charge is 2.16. The molecule has 162 valence electrons. The van der Waals surface area contributed by atoms with Crippen molar-refractivity contribution in [2.75, 3.05) is 6.61 Å². The number of nitrogens with zero attached hydrogens (tertiary/aromatic N) is 1. The van der Waals surface area contributed by atoms with Crippen LogP contribution in [0.2, 0.25) is 10.0 Å². The van der Waals surface area contributed by atoms with E-state index in [0.717, 1.165) is 5.56 Å². The molecule has 1 heterocycles. The van der Waals surface area contributed by atoms with Gasteiger partial charge in [0.25, 0.3) is 11.7 Å². The van der Waals surface area contributed by atoms with Crippen LogP contribution in [-0.4, -0.2) is 28.4 Å². The van der Waals surface area contributed by atoms with Crippen molar-refractivity contribution in [3.63, 3.8) is 0 Å². The fourth-order valence-electron chi connectivity index (χ4n) is 2.88. The molecule has 0 fully saturated rings. The van der Waals surface area contributed by atoms with E-state index in [1.165, 1.54) is 18.2 Å². The molecule has 4 rings (SSSR count). The number of ether oxygens (including phenoxy) is 2. The Bertz CT molecular complexity index is 1280. The second kappa shape index (κ2) is 9.30. The Kier molecular flexibility index (Phi) is 6.30. The van der Waals surface area contributed by atoms with Crippen molar-refractivity contribution in [2.45, 2.75) is 6.61 Å². The average Bonchev–Trinajstić information content (AvgIpc) is 3.19. The number of rotatable bonds is 8. The monoisotopic (exact) mass is 471 g/mol. The molecule has 3 aromatic carbocycles. The molecule has 0 saturated carbocycles. The van der Waals surface area contributed by atoms with E-state index in [1.807, 2.05) is 0 Å². The van der Waals surface area contributed by atoms with E-state index in [4.69, 9.17) is 42.2 Å². The Morgan fingerprint density at radius 3 is 2.22 bits per heavy atom. The molecule has 0 saturated heterocycles. The topological polar surface area (TPSA) is 98.9 Å². The minimum Gasteiger partial charge on any atom is -0.489 e.